The molecule has 21 heavy (non-hydrogen) atoms. The van der Waals surface area contributed by atoms with Crippen LogP contribution >= 0.6 is 0 Å². The van der Waals surface area contributed by atoms with E-state index in [-0.39, 0.29) is 5.95 Å². The molecule has 0 radical (unpaired) electrons. The Bertz CT molecular complexity index is 793. The molecule has 0 bridgehead atoms. The summed E-state index contributed by atoms with van der Waals surface area (Å²) in [4.78, 5) is 13.0. The lowest BCUT2D eigenvalue weighted by atomic mass is 10.3. The predicted octanol–water partition coefficient (Wildman–Crippen LogP) is 2.01. The Morgan fingerprint density at radius 2 is 1.86 bits per heavy atom. The summed E-state index contributed by atoms with van der Waals surface area (Å²) in [5.74, 6) is 2.44. The van der Waals surface area contributed by atoms with Crippen LogP contribution in [-0.2, 0) is 7.05 Å². The number of methoxy groups -OCH3 is 1. The van der Waals surface area contributed by atoms with Gasteiger partial charge in [-0.15, -0.1) is 0 Å². The van der Waals surface area contributed by atoms with Crippen LogP contribution in [0.2, 0.25) is 0 Å². The molecule has 1 aromatic carbocycles. The second-order valence-electron chi connectivity index (χ2n) is 4.67. The number of nitrogens with two attached hydrogens (primary N) is 1. The number of rotatable bonds is 3. The van der Waals surface area contributed by atoms with Crippen LogP contribution in [0.3, 0.4) is 0 Å². The van der Waals surface area contributed by atoms with Crippen molar-refractivity contribution in [2.24, 2.45) is 7.05 Å². The fourth-order valence-corrected chi connectivity index (χ4v) is 2.08. The van der Waals surface area contributed by atoms with E-state index < -0.39 is 0 Å². The third-order valence-electron chi connectivity index (χ3n) is 3.31. The zero-order chi connectivity index (χ0) is 15.0. The SMILES string of the molecule is COc1ccc(Nc2nc(N)nc3c2nc(C)n3C)cc1. The molecule has 7 nitrogen and oxygen atoms in total. The number of imidazole rings is 1. The Hall–Kier alpha value is -2.83. The van der Waals surface area contributed by atoms with Gasteiger partial charge in [0, 0.05) is 12.7 Å². The predicted molar refractivity (Wildman–Crippen MR) is 81.7 cm³/mol. The zero-order valence-corrected chi connectivity index (χ0v) is 12.1. The van der Waals surface area contributed by atoms with Crippen LogP contribution in [0.4, 0.5) is 17.5 Å². The van der Waals surface area contributed by atoms with E-state index in [1.165, 1.54) is 0 Å². The summed E-state index contributed by atoms with van der Waals surface area (Å²) in [5, 5.41) is 3.22. The molecular formula is C14H16N6O. The molecular weight excluding hydrogens is 268 g/mol. The Morgan fingerprint density at radius 1 is 1.14 bits per heavy atom. The van der Waals surface area contributed by atoms with E-state index in [1.54, 1.807) is 7.11 Å². The molecule has 2 aromatic heterocycles. The number of nitrogens with zero attached hydrogens (tertiary/aromatic N) is 4. The van der Waals surface area contributed by atoms with E-state index in [4.69, 9.17) is 10.5 Å². The van der Waals surface area contributed by atoms with Crippen molar-refractivity contribution >= 4 is 28.6 Å². The van der Waals surface area contributed by atoms with Crippen LogP contribution < -0.4 is 15.8 Å². The van der Waals surface area contributed by atoms with Gasteiger partial charge in [-0.1, -0.05) is 0 Å². The molecule has 2 heterocycles. The maximum Gasteiger partial charge on any atom is 0.224 e. The number of ether oxygens (including phenoxy) is 1. The van der Waals surface area contributed by atoms with Crippen molar-refractivity contribution in [2.75, 3.05) is 18.2 Å². The first-order valence-electron chi connectivity index (χ1n) is 6.46. The molecule has 108 valence electrons. The summed E-state index contributed by atoms with van der Waals surface area (Å²) in [5.41, 5.74) is 8.05. The fraction of sp³-hybridized carbons (Fsp3) is 0.214. The van der Waals surface area contributed by atoms with Crippen LogP contribution in [-0.4, -0.2) is 26.6 Å². The van der Waals surface area contributed by atoms with Gasteiger partial charge in [0.25, 0.3) is 0 Å². The maximum atomic E-state index is 5.78. The first-order valence-corrected chi connectivity index (χ1v) is 6.46. The van der Waals surface area contributed by atoms with Gasteiger partial charge in [-0.05, 0) is 31.2 Å². The highest BCUT2D eigenvalue weighted by Crippen LogP contribution is 2.25. The first-order chi connectivity index (χ1) is 10.1. The molecule has 0 aliphatic carbocycles. The van der Waals surface area contributed by atoms with Crippen LogP contribution in [0.25, 0.3) is 11.2 Å². The van der Waals surface area contributed by atoms with E-state index in [9.17, 15) is 0 Å². The van der Waals surface area contributed by atoms with Crippen molar-refractivity contribution in [3.05, 3.63) is 30.1 Å². The standard InChI is InChI=1S/C14H16N6O/c1-8-16-11-12(18-14(15)19-13(11)20(8)2)17-9-4-6-10(21-3)7-5-9/h4-7H,1-3H3,(H3,15,17,18,19). The van der Waals surface area contributed by atoms with Crippen molar-refractivity contribution in [2.45, 2.75) is 6.92 Å². The number of benzene rings is 1. The van der Waals surface area contributed by atoms with Gasteiger partial charge in [0.15, 0.2) is 17.0 Å². The highest BCUT2D eigenvalue weighted by atomic mass is 16.5. The Morgan fingerprint density at radius 3 is 2.52 bits per heavy atom. The van der Waals surface area contributed by atoms with Gasteiger partial charge in [0.2, 0.25) is 5.95 Å². The van der Waals surface area contributed by atoms with Gasteiger partial charge in [-0.3, -0.25) is 0 Å². The van der Waals surface area contributed by atoms with Crippen LogP contribution in [0.15, 0.2) is 24.3 Å². The molecule has 0 saturated carbocycles. The summed E-state index contributed by atoms with van der Waals surface area (Å²) < 4.78 is 7.02. The molecule has 0 aliphatic heterocycles. The minimum atomic E-state index is 0.210. The molecule has 0 spiro atoms. The Kier molecular flexibility index (Phi) is 3.09. The van der Waals surface area contributed by atoms with Crippen LogP contribution in [0.1, 0.15) is 5.82 Å². The Labute approximate surface area is 121 Å². The van der Waals surface area contributed by atoms with Crippen molar-refractivity contribution in [1.82, 2.24) is 19.5 Å². The lowest BCUT2D eigenvalue weighted by Gasteiger charge is -2.08. The van der Waals surface area contributed by atoms with Gasteiger partial charge in [0.05, 0.1) is 7.11 Å². The minimum Gasteiger partial charge on any atom is -0.497 e. The molecule has 0 fully saturated rings. The molecule has 7 heteroatoms. The number of hydrogen-bond donors (Lipinski definition) is 2. The molecule has 0 atom stereocenters. The van der Waals surface area contributed by atoms with Crippen LogP contribution in [0, 0.1) is 6.92 Å². The quantitative estimate of drug-likeness (QED) is 0.764. The van der Waals surface area contributed by atoms with Crippen molar-refractivity contribution in [3.8, 4) is 5.75 Å². The molecule has 3 N–H and O–H groups in total. The molecule has 0 aliphatic rings. The van der Waals surface area contributed by atoms with E-state index in [2.05, 4.69) is 20.3 Å². The summed E-state index contributed by atoms with van der Waals surface area (Å²) >= 11 is 0. The number of aryl methyl sites for hydroxylation is 2. The molecule has 0 amide bonds. The van der Waals surface area contributed by atoms with Gasteiger partial charge >= 0.3 is 0 Å². The van der Waals surface area contributed by atoms with Gasteiger partial charge < -0.3 is 20.4 Å². The normalized spacial score (nSPS) is 10.8. The number of hydrogen-bond acceptors (Lipinski definition) is 6. The molecule has 0 unspecified atom stereocenters. The smallest absolute Gasteiger partial charge is 0.224 e. The lowest BCUT2D eigenvalue weighted by Crippen LogP contribution is -2.02. The largest absolute Gasteiger partial charge is 0.497 e. The van der Waals surface area contributed by atoms with E-state index in [0.717, 1.165) is 17.3 Å². The molecule has 3 rings (SSSR count). The number of fused-ring (bicyclic) bond motifs is 1. The van der Waals surface area contributed by atoms with E-state index in [1.807, 2.05) is 42.8 Å². The Balaban J connectivity index is 2.04. The van der Waals surface area contributed by atoms with Crippen LogP contribution in [0.5, 0.6) is 5.75 Å². The lowest BCUT2D eigenvalue weighted by molar-refractivity contribution is 0.415. The number of nitrogen functional groups attached to an aromatic ring is 1. The summed E-state index contributed by atoms with van der Waals surface area (Å²) in [7, 11) is 3.53. The number of aromatic nitrogens is 4. The van der Waals surface area contributed by atoms with Crippen molar-refractivity contribution < 1.29 is 4.74 Å². The third kappa shape index (κ3) is 2.33. The summed E-state index contributed by atoms with van der Waals surface area (Å²) in [6.07, 6.45) is 0. The van der Waals surface area contributed by atoms with E-state index in [0.29, 0.717) is 17.0 Å². The maximum absolute atomic E-state index is 5.78. The topological polar surface area (TPSA) is 90.9 Å². The summed E-state index contributed by atoms with van der Waals surface area (Å²) in [6.45, 7) is 1.91. The van der Waals surface area contributed by atoms with Gasteiger partial charge in [-0.2, -0.15) is 9.97 Å². The van der Waals surface area contributed by atoms with Gasteiger partial charge in [0.1, 0.15) is 11.6 Å². The second-order valence-corrected chi connectivity index (χ2v) is 4.67. The molecule has 0 saturated heterocycles. The van der Waals surface area contributed by atoms with Gasteiger partial charge in [-0.25, -0.2) is 4.98 Å². The zero-order valence-electron chi connectivity index (χ0n) is 12.1. The monoisotopic (exact) mass is 284 g/mol. The highest BCUT2D eigenvalue weighted by Gasteiger charge is 2.13. The highest BCUT2D eigenvalue weighted by molar-refractivity contribution is 5.86. The van der Waals surface area contributed by atoms with Crippen molar-refractivity contribution in [1.29, 1.82) is 0 Å². The third-order valence-corrected chi connectivity index (χ3v) is 3.31. The van der Waals surface area contributed by atoms with E-state index >= 15 is 0 Å². The average Bonchev–Trinajstić information content (AvgIpc) is 2.76. The second kappa shape index (κ2) is 4.93. The molecule has 3 aromatic rings. The fourth-order valence-electron chi connectivity index (χ4n) is 2.08. The average molecular weight is 284 g/mol. The summed E-state index contributed by atoms with van der Waals surface area (Å²) in [6, 6.07) is 7.54. The minimum absolute atomic E-state index is 0.210. The van der Waals surface area contributed by atoms with Crippen molar-refractivity contribution in [3.63, 3.8) is 0 Å². The first kappa shape index (κ1) is 13.2. The number of anilines is 3. The number of nitrogens with one attached hydrogen (secondary N) is 1.